The minimum Gasteiger partial charge on any atom is -0.309 e. The minimum absolute atomic E-state index is 0.244. The molecule has 2 heteroatoms. The minimum atomic E-state index is 0.244. The maximum absolute atomic E-state index is 3.54. The van der Waals surface area contributed by atoms with Crippen molar-refractivity contribution in [3.8, 4) is 0 Å². The Bertz CT molecular complexity index is 494. The van der Waals surface area contributed by atoms with Gasteiger partial charge in [-0.3, -0.25) is 0 Å². The summed E-state index contributed by atoms with van der Waals surface area (Å²) in [5.74, 6) is 0. The van der Waals surface area contributed by atoms with Crippen LogP contribution in [0.5, 0.6) is 0 Å². The molecule has 1 unspecified atom stereocenters. The Morgan fingerprint density at radius 1 is 1.06 bits per heavy atom. The van der Waals surface area contributed by atoms with Crippen molar-refractivity contribution in [2.24, 2.45) is 0 Å². The van der Waals surface area contributed by atoms with Gasteiger partial charge in [-0.05, 0) is 42.8 Å². The van der Waals surface area contributed by atoms with Crippen LogP contribution in [-0.2, 0) is 0 Å². The number of aryl methyl sites for hydroxylation is 1. The van der Waals surface area contributed by atoms with E-state index in [1.165, 1.54) is 16.7 Å². The number of rotatable bonds is 3. The van der Waals surface area contributed by atoms with Gasteiger partial charge in [0, 0.05) is 4.47 Å². The van der Waals surface area contributed by atoms with Crippen molar-refractivity contribution in [2.45, 2.75) is 13.0 Å². The second-order valence-electron chi connectivity index (χ2n) is 4.13. The highest BCUT2D eigenvalue weighted by atomic mass is 79.9. The van der Waals surface area contributed by atoms with Crippen LogP contribution in [0.15, 0.2) is 53.0 Å². The number of benzene rings is 2. The molecule has 0 amide bonds. The van der Waals surface area contributed by atoms with Gasteiger partial charge in [-0.2, -0.15) is 0 Å². The van der Waals surface area contributed by atoms with Crippen LogP contribution in [0.3, 0.4) is 0 Å². The SMILES string of the molecule is CNC(c1ccccc1)c1cc(Br)ccc1C. The van der Waals surface area contributed by atoms with E-state index in [0.29, 0.717) is 0 Å². The van der Waals surface area contributed by atoms with E-state index in [4.69, 9.17) is 0 Å². The van der Waals surface area contributed by atoms with Crippen LogP contribution in [-0.4, -0.2) is 7.05 Å². The predicted octanol–water partition coefficient (Wildman–Crippen LogP) is 4.07. The fourth-order valence-corrected chi connectivity index (χ4v) is 2.45. The van der Waals surface area contributed by atoms with Crippen LogP contribution in [0.25, 0.3) is 0 Å². The highest BCUT2D eigenvalue weighted by Gasteiger charge is 2.13. The smallest absolute Gasteiger partial charge is 0.0577 e. The van der Waals surface area contributed by atoms with E-state index in [1.54, 1.807) is 0 Å². The molecule has 2 aromatic carbocycles. The van der Waals surface area contributed by atoms with Crippen molar-refractivity contribution in [2.75, 3.05) is 7.05 Å². The summed E-state index contributed by atoms with van der Waals surface area (Å²) in [4.78, 5) is 0. The van der Waals surface area contributed by atoms with Crippen molar-refractivity contribution >= 4 is 15.9 Å². The van der Waals surface area contributed by atoms with Gasteiger partial charge in [0.25, 0.3) is 0 Å². The van der Waals surface area contributed by atoms with E-state index in [1.807, 2.05) is 13.1 Å². The summed E-state index contributed by atoms with van der Waals surface area (Å²) in [6.07, 6.45) is 0. The zero-order valence-electron chi connectivity index (χ0n) is 10.1. The molecule has 0 aliphatic carbocycles. The number of hydrogen-bond acceptors (Lipinski definition) is 1. The second-order valence-corrected chi connectivity index (χ2v) is 5.05. The molecule has 0 saturated carbocycles. The molecule has 1 atom stereocenters. The monoisotopic (exact) mass is 289 g/mol. The van der Waals surface area contributed by atoms with Gasteiger partial charge in [0.2, 0.25) is 0 Å². The van der Waals surface area contributed by atoms with Gasteiger partial charge in [0.15, 0.2) is 0 Å². The summed E-state index contributed by atoms with van der Waals surface area (Å²) in [5.41, 5.74) is 3.90. The topological polar surface area (TPSA) is 12.0 Å². The van der Waals surface area contributed by atoms with Crippen molar-refractivity contribution in [1.82, 2.24) is 5.32 Å². The summed E-state index contributed by atoms with van der Waals surface area (Å²) in [6, 6.07) is 17.2. The van der Waals surface area contributed by atoms with Gasteiger partial charge in [0.1, 0.15) is 0 Å². The lowest BCUT2D eigenvalue weighted by Crippen LogP contribution is -2.18. The molecule has 0 fully saturated rings. The molecule has 0 radical (unpaired) electrons. The first-order valence-corrected chi connectivity index (χ1v) is 6.50. The first kappa shape index (κ1) is 12.3. The molecule has 1 N–H and O–H groups in total. The number of halogens is 1. The molecule has 0 heterocycles. The van der Waals surface area contributed by atoms with Crippen molar-refractivity contribution in [1.29, 1.82) is 0 Å². The molecular formula is C15H16BrN. The van der Waals surface area contributed by atoms with E-state index in [0.717, 1.165) is 4.47 Å². The van der Waals surface area contributed by atoms with E-state index in [-0.39, 0.29) is 6.04 Å². The summed E-state index contributed by atoms with van der Waals surface area (Å²) >= 11 is 3.54. The fraction of sp³-hybridized carbons (Fsp3) is 0.200. The van der Waals surface area contributed by atoms with Crippen LogP contribution >= 0.6 is 15.9 Å². The zero-order valence-corrected chi connectivity index (χ0v) is 11.7. The molecule has 0 saturated heterocycles. The molecule has 0 aliphatic rings. The predicted molar refractivity (Wildman–Crippen MR) is 76.2 cm³/mol. The first-order chi connectivity index (χ1) is 8.22. The Morgan fingerprint density at radius 3 is 2.41 bits per heavy atom. The molecule has 0 aromatic heterocycles. The normalized spacial score (nSPS) is 12.4. The van der Waals surface area contributed by atoms with E-state index < -0.39 is 0 Å². The average molecular weight is 290 g/mol. The molecule has 88 valence electrons. The van der Waals surface area contributed by atoms with Crippen LogP contribution in [0.4, 0.5) is 0 Å². The Morgan fingerprint density at radius 2 is 1.76 bits per heavy atom. The Labute approximate surface area is 111 Å². The Kier molecular flexibility index (Phi) is 3.97. The van der Waals surface area contributed by atoms with Gasteiger partial charge in [-0.25, -0.2) is 0 Å². The van der Waals surface area contributed by atoms with Crippen LogP contribution < -0.4 is 5.32 Å². The summed E-state index contributed by atoms with van der Waals surface area (Å²) in [5, 5.41) is 3.38. The largest absolute Gasteiger partial charge is 0.309 e. The van der Waals surface area contributed by atoms with E-state index in [2.05, 4.69) is 70.6 Å². The molecule has 1 nitrogen and oxygen atoms in total. The molecule has 17 heavy (non-hydrogen) atoms. The van der Waals surface area contributed by atoms with Crippen molar-refractivity contribution < 1.29 is 0 Å². The van der Waals surface area contributed by atoms with Crippen molar-refractivity contribution in [3.05, 3.63) is 69.7 Å². The van der Waals surface area contributed by atoms with Gasteiger partial charge >= 0.3 is 0 Å². The third-order valence-corrected chi connectivity index (χ3v) is 3.47. The Balaban J connectivity index is 2.46. The maximum atomic E-state index is 3.54. The first-order valence-electron chi connectivity index (χ1n) is 5.70. The molecule has 0 bridgehead atoms. The fourth-order valence-electron chi connectivity index (χ4n) is 2.07. The quantitative estimate of drug-likeness (QED) is 0.898. The summed E-state index contributed by atoms with van der Waals surface area (Å²) < 4.78 is 1.12. The van der Waals surface area contributed by atoms with Gasteiger partial charge in [-0.1, -0.05) is 52.3 Å². The van der Waals surface area contributed by atoms with Crippen LogP contribution in [0.2, 0.25) is 0 Å². The highest BCUT2D eigenvalue weighted by Crippen LogP contribution is 2.27. The zero-order chi connectivity index (χ0) is 12.3. The molecule has 0 aliphatic heterocycles. The van der Waals surface area contributed by atoms with E-state index in [9.17, 15) is 0 Å². The van der Waals surface area contributed by atoms with Crippen LogP contribution in [0, 0.1) is 6.92 Å². The van der Waals surface area contributed by atoms with Gasteiger partial charge in [0.05, 0.1) is 6.04 Å². The lowest BCUT2D eigenvalue weighted by atomic mass is 9.95. The third kappa shape index (κ3) is 2.76. The number of hydrogen-bond donors (Lipinski definition) is 1. The van der Waals surface area contributed by atoms with Gasteiger partial charge < -0.3 is 5.32 Å². The van der Waals surface area contributed by atoms with E-state index >= 15 is 0 Å². The molecule has 0 spiro atoms. The maximum Gasteiger partial charge on any atom is 0.0577 e. The van der Waals surface area contributed by atoms with Crippen molar-refractivity contribution in [3.63, 3.8) is 0 Å². The third-order valence-electron chi connectivity index (χ3n) is 2.97. The van der Waals surface area contributed by atoms with Crippen LogP contribution in [0.1, 0.15) is 22.7 Å². The molecule has 2 aromatic rings. The number of nitrogens with one attached hydrogen (secondary N) is 1. The second kappa shape index (κ2) is 5.48. The standard InChI is InChI=1S/C15H16BrN/c1-11-8-9-13(16)10-14(11)15(17-2)12-6-4-3-5-7-12/h3-10,15,17H,1-2H3. The lowest BCUT2D eigenvalue weighted by molar-refractivity contribution is 0.687. The van der Waals surface area contributed by atoms with Gasteiger partial charge in [-0.15, -0.1) is 0 Å². The lowest BCUT2D eigenvalue weighted by Gasteiger charge is -2.19. The highest BCUT2D eigenvalue weighted by molar-refractivity contribution is 9.10. The molecule has 2 rings (SSSR count). The summed E-state index contributed by atoms with van der Waals surface area (Å²) in [6.45, 7) is 2.15. The summed E-state index contributed by atoms with van der Waals surface area (Å²) in [7, 11) is 2.00. The Hall–Kier alpha value is -1.12. The average Bonchev–Trinajstić information content (AvgIpc) is 2.36. The molecular weight excluding hydrogens is 274 g/mol.